The first kappa shape index (κ1) is 27.2. The Balaban J connectivity index is 1.72. The Labute approximate surface area is 227 Å². The number of anilines is 4. The van der Waals surface area contributed by atoms with Crippen LogP contribution < -0.4 is 20.3 Å². The summed E-state index contributed by atoms with van der Waals surface area (Å²) in [5.41, 5.74) is 5.82. The summed E-state index contributed by atoms with van der Waals surface area (Å²) in [4.78, 5) is 28.6. The molecule has 0 unspecified atom stereocenters. The van der Waals surface area contributed by atoms with Gasteiger partial charge in [-0.2, -0.15) is 5.26 Å². The fourth-order valence-electron chi connectivity index (χ4n) is 4.21. The van der Waals surface area contributed by atoms with Gasteiger partial charge in [-0.05, 0) is 56.9 Å². The van der Waals surface area contributed by atoms with Crippen LogP contribution >= 0.6 is 0 Å². The Morgan fingerprint density at radius 1 is 1.21 bits per heavy atom. The monoisotopic (exact) mass is 524 g/mol. The molecule has 0 bridgehead atoms. The van der Waals surface area contributed by atoms with Gasteiger partial charge in [-0.3, -0.25) is 4.79 Å². The Morgan fingerprint density at radius 2 is 2.00 bits per heavy atom. The maximum absolute atomic E-state index is 12.2. The largest absolute Gasteiger partial charge is 0.494 e. The molecule has 0 aliphatic heterocycles. The van der Waals surface area contributed by atoms with Crippen LogP contribution in [0.5, 0.6) is 5.75 Å². The molecule has 0 aliphatic carbocycles. The van der Waals surface area contributed by atoms with E-state index < -0.39 is 0 Å². The fraction of sp³-hybridized carbons (Fsp3) is 0.241. The lowest BCUT2D eigenvalue weighted by molar-refractivity contribution is -0.111. The second-order valence-corrected chi connectivity index (χ2v) is 9.41. The fourth-order valence-corrected chi connectivity index (χ4v) is 4.21. The van der Waals surface area contributed by atoms with E-state index in [1.54, 1.807) is 25.4 Å². The van der Waals surface area contributed by atoms with Crippen molar-refractivity contribution in [2.45, 2.75) is 6.92 Å². The number of likely N-dealkylation sites (N-methyl/N-ethyl adjacent to an activating group) is 2. The summed E-state index contributed by atoms with van der Waals surface area (Å²) in [6.07, 6.45) is 4.77. The molecule has 2 aromatic heterocycles. The number of rotatable bonds is 10. The molecule has 0 spiro atoms. The first-order valence-corrected chi connectivity index (χ1v) is 12.4. The summed E-state index contributed by atoms with van der Waals surface area (Å²) < 4.78 is 5.69. The zero-order valence-electron chi connectivity index (χ0n) is 22.8. The van der Waals surface area contributed by atoms with E-state index in [0.29, 0.717) is 34.3 Å². The minimum atomic E-state index is -0.324. The number of ether oxygens (including phenoxy) is 1. The van der Waals surface area contributed by atoms with E-state index in [9.17, 15) is 10.1 Å². The van der Waals surface area contributed by atoms with Crippen LogP contribution in [0.1, 0.15) is 11.1 Å². The van der Waals surface area contributed by atoms with E-state index in [1.807, 2.05) is 57.4 Å². The molecule has 10 heteroatoms. The topological polar surface area (TPSA) is 122 Å². The molecule has 0 saturated carbocycles. The minimum absolute atomic E-state index is 0.324. The number of methoxy groups -OCH3 is 1. The van der Waals surface area contributed by atoms with Crippen molar-refractivity contribution in [3.05, 3.63) is 66.5 Å². The number of aromatic amines is 1. The maximum Gasteiger partial charge on any atom is 0.247 e. The molecule has 0 atom stereocenters. The second-order valence-electron chi connectivity index (χ2n) is 9.41. The van der Waals surface area contributed by atoms with Crippen molar-refractivity contribution in [3.8, 4) is 23.1 Å². The zero-order chi connectivity index (χ0) is 28.1. The number of nitrogens with one attached hydrogen (secondary N) is 3. The predicted octanol–water partition coefficient (Wildman–Crippen LogP) is 4.68. The van der Waals surface area contributed by atoms with Gasteiger partial charge in [0.05, 0.1) is 40.9 Å². The number of benzene rings is 2. The van der Waals surface area contributed by atoms with Crippen molar-refractivity contribution in [3.63, 3.8) is 0 Å². The molecule has 10 nitrogen and oxygen atoms in total. The SMILES string of the molecule is C=CC(=O)Nc1cc(Nc2nccc(-c3cc(C#N)c4[nH]cc(C)c4c3)n2)c(OC)cc1N(C)CCN(C)C. The lowest BCUT2D eigenvalue weighted by atomic mass is 10.0. The standard InChI is InChI=1S/C29H32N8O2/c1-7-27(38)33-23-14-24(26(39-6)15-25(23)37(5)11-10-36(3)4)35-29-31-9-8-22(34-29)19-12-20(16-30)28-21(13-19)18(2)17-32-28/h7-9,12-15,17,32H,1,10-11H2,2-6H3,(H,33,38)(H,31,34,35). The molecule has 0 radical (unpaired) electrons. The van der Waals surface area contributed by atoms with Crippen LogP contribution in [0.2, 0.25) is 0 Å². The van der Waals surface area contributed by atoms with Crippen molar-refractivity contribution in [2.24, 2.45) is 0 Å². The van der Waals surface area contributed by atoms with Gasteiger partial charge >= 0.3 is 0 Å². The van der Waals surface area contributed by atoms with E-state index in [2.05, 4.69) is 38.1 Å². The Hall–Kier alpha value is -4.88. The van der Waals surface area contributed by atoms with E-state index in [0.717, 1.165) is 40.8 Å². The van der Waals surface area contributed by atoms with Gasteiger partial charge in [-0.15, -0.1) is 0 Å². The van der Waals surface area contributed by atoms with Crippen LogP contribution in [0.3, 0.4) is 0 Å². The van der Waals surface area contributed by atoms with Crippen LogP contribution in [0.4, 0.5) is 23.0 Å². The highest BCUT2D eigenvalue weighted by molar-refractivity contribution is 6.02. The predicted molar refractivity (Wildman–Crippen MR) is 156 cm³/mol. The highest BCUT2D eigenvalue weighted by Gasteiger charge is 2.17. The molecule has 2 heterocycles. The number of aryl methyl sites for hydroxylation is 1. The number of carbonyl (C=O) groups excluding carboxylic acids is 1. The van der Waals surface area contributed by atoms with Gasteiger partial charge in [0.25, 0.3) is 0 Å². The number of amides is 1. The molecular weight excluding hydrogens is 492 g/mol. The number of hydrogen-bond acceptors (Lipinski definition) is 8. The van der Waals surface area contributed by atoms with Crippen LogP contribution in [-0.2, 0) is 4.79 Å². The van der Waals surface area contributed by atoms with Gasteiger partial charge in [0, 0.05) is 49.5 Å². The van der Waals surface area contributed by atoms with Crippen LogP contribution in [0.15, 0.2) is 55.4 Å². The van der Waals surface area contributed by atoms with Crippen molar-refractivity contribution < 1.29 is 9.53 Å². The van der Waals surface area contributed by atoms with Crippen LogP contribution in [0, 0.1) is 18.3 Å². The number of hydrogen-bond donors (Lipinski definition) is 3. The van der Waals surface area contributed by atoms with E-state index in [-0.39, 0.29) is 5.91 Å². The van der Waals surface area contributed by atoms with Crippen molar-refractivity contribution in [2.75, 3.05) is 56.9 Å². The van der Waals surface area contributed by atoms with Gasteiger partial charge in [0.1, 0.15) is 11.8 Å². The molecule has 0 aliphatic rings. The number of nitrogens with zero attached hydrogens (tertiary/aromatic N) is 5. The summed E-state index contributed by atoms with van der Waals surface area (Å²) in [7, 11) is 7.56. The van der Waals surface area contributed by atoms with Gasteiger partial charge in [0.2, 0.25) is 11.9 Å². The Bertz CT molecular complexity index is 1570. The summed E-state index contributed by atoms with van der Waals surface area (Å²) in [5.74, 6) is 0.573. The number of H-pyrrole nitrogens is 1. The summed E-state index contributed by atoms with van der Waals surface area (Å²) >= 11 is 0. The quantitative estimate of drug-likeness (QED) is 0.256. The van der Waals surface area contributed by atoms with Gasteiger partial charge in [-0.25, -0.2) is 9.97 Å². The summed E-state index contributed by atoms with van der Waals surface area (Å²) in [5, 5.41) is 16.8. The van der Waals surface area contributed by atoms with Crippen molar-refractivity contribution >= 4 is 39.8 Å². The first-order chi connectivity index (χ1) is 18.7. The number of carbonyl (C=O) groups is 1. The normalized spacial score (nSPS) is 10.8. The van der Waals surface area contributed by atoms with Crippen molar-refractivity contribution in [1.82, 2.24) is 19.9 Å². The molecule has 0 saturated heterocycles. The van der Waals surface area contributed by atoms with E-state index in [1.165, 1.54) is 6.08 Å². The molecule has 3 N–H and O–H groups in total. The molecule has 200 valence electrons. The highest BCUT2D eigenvalue weighted by atomic mass is 16.5. The third-order valence-corrected chi connectivity index (χ3v) is 6.37. The van der Waals surface area contributed by atoms with Crippen molar-refractivity contribution in [1.29, 1.82) is 5.26 Å². The summed E-state index contributed by atoms with van der Waals surface area (Å²) in [6, 6.07) is 11.5. The average molecular weight is 525 g/mol. The summed E-state index contributed by atoms with van der Waals surface area (Å²) in [6.45, 7) is 7.13. The van der Waals surface area contributed by atoms with Gasteiger partial charge < -0.3 is 30.2 Å². The van der Waals surface area contributed by atoms with Gasteiger partial charge in [-0.1, -0.05) is 6.58 Å². The molecule has 4 rings (SSSR count). The highest BCUT2D eigenvalue weighted by Crippen LogP contribution is 2.38. The Morgan fingerprint density at radius 3 is 2.69 bits per heavy atom. The lowest BCUT2D eigenvalue weighted by Crippen LogP contribution is -2.29. The molecule has 0 fully saturated rings. The molecule has 39 heavy (non-hydrogen) atoms. The first-order valence-electron chi connectivity index (χ1n) is 12.4. The smallest absolute Gasteiger partial charge is 0.247 e. The number of aromatic nitrogens is 3. The van der Waals surface area contributed by atoms with E-state index >= 15 is 0 Å². The third-order valence-electron chi connectivity index (χ3n) is 6.37. The number of fused-ring (bicyclic) bond motifs is 1. The van der Waals surface area contributed by atoms with E-state index in [4.69, 9.17) is 9.72 Å². The maximum atomic E-state index is 12.2. The molecule has 2 aromatic carbocycles. The molecule has 4 aromatic rings. The lowest BCUT2D eigenvalue weighted by Gasteiger charge is -2.26. The van der Waals surface area contributed by atoms with Crippen LogP contribution in [0.25, 0.3) is 22.2 Å². The average Bonchev–Trinajstić information content (AvgIpc) is 3.31. The molecular formula is C29H32N8O2. The molecule has 1 amide bonds. The van der Waals surface area contributed by atoms with Gasteiger partial charge in [0.15, 0.2) is 0 Å². The minimum Gasteiger partial charge on any atom is -0.494 e. The number of nitriles is 1. The van der Waals surface area contributed by atoms with Crippen LogP contribution in [-0.4, -0.2) is 67.1 Å². The Kier molecular flexibility index (Phi) is 8.13. The third kappa shape index (κ3) is 6.00. The zero-order valence-corrected chi connectivity index (χ0v) is 22.8. The second kappa shape index (κ2) is 11.7.